The summed E-state index contributed by atoms with van der Waals surface area (Å²) in [7, 11) is 0. The van der Waals surface area contributed by atoms with Gasteiger partial charge in [-0.1, -0.05) is 36.4 Å². The van der Waals surface area contributed by atoms with Crippen molar-refractivity contribution in [1.82, 2.24) is 5.32 Å². The highest BCUT2D eigenvalue weighted by Crippen LogP contribution is 2.28. The number of phenols is 1. The van der Waals surface area contributed by atoms with Crippen molar-refractivity contribution in [3.63, 3.8) is 0 Å². The molecule has 0 heterocycles. The zero-order valence-electron chi connectivity index (χ0n) is 12.2. The Labute approximate surface area is 125 Å². The Hall–Kier alpha value is -1.84. The van der Waals surface area contributed by atoms with Crippen molar-refractivity contribution in [3.8, 4) is 5.75 Å². The van der Waals surface area contributed by atoms with Gasteiger partial charge in [-0.15, -0.1) is 0 Å². The highest BCUT2D eigenvalue weighted by atomic mass is 16.3. The Morgan fingerprint density at radius 2 is 1.86 bits per heavy atom. The van der Waals surface area contributed by atoms with Crippen LogP contribution in [0.25, 0.3) is 0 Å². The summed E-state index contributed by atoms with van der Waals surface area (Å²) in [5.41, 5.74) is 10.4. The van der Waals surface area contributed by atoms with Gasteiger partial charge >= 0.3 is 0 Å². The van der Waals surface area contributed by atoms with Gasteiger partial charge in [0.2, 0.25) is 0 Å². The van der Waals surface area contributed by atoms with E-state index < -0.39 is 0 Å². The van der Waals surface area contributed by atoms with Gasteiger partial charge in [0.15, 0.2) is 0 Å². The SMILES string of the molecule is NCc1ccc(CNC2CCc3cccc(O)c3C2)cc1. The zero-order chi connectivity index (χ0) is 14.7. The van der Waals surface area contributed by atoms with Gasteiger partial charge in [0.25, 0.3) is 0 Å². The lowest BCUT2D eigenvalue weighted by atomic mass is 9.87. The van der Waals surface area contributed by atoms with Crippen molar-refractivity contribution < 1.29 is 5.11 Å². The van der Waals surface area contributed by atoms with E-state index >= 15 is 0 Å². The molecule has 2 aromatic carbocycles. The lowest BCUT2D eigenvalue weighted by Gasteiger charge is -2.26. The highest BCUT2D eigenvalue weighted by molar-refractivity contribution is 5.41. The maximum atomic E-state index is 9.98. The molecule has 21 heavy (non-hydrogen) atoms. The van der Waals surface area contributed by atoms with Gasteiger partial charge in [-0.2, -0.15) is 0 Å². The molecule has 1 aliphatic carbocycles. The van der Waals surface area contributed by atoms with Gasteiger partial charge in [0.05, 0.1) is 0 Å². The first-order chi connectivity index (χ1) is 10.3. The number of hydrogen-bond acceptors (Lipinski definition) is 3. The minimum atomic E-state index is 0.431. The number of fused-ring (bicyclic) bond motifs is 1. The number of benzene rings is 2. The average molecular weight is 282 g/mol. The van der Waals surface area contributed by atoms with Crippen molar-refractivity contribution in [3.05, 3.63) is 64.7 Å². The molecule has 0 fully saturated rings. The number of rotatable bonds is 4. The van der Waals surface area contributed by atoms with Gasteiger partial charge in [0, 0.05) is 19.1 Å². The van der Waals surface area contributed by atoms with Gasteiger partial charge in [0.1, 0.15) is 5.75 Å². The van der Waals surface area contributed by atoms with E-state index in [1.807, 2.05) is 6.07 Å². The van der Waals surface area contributed by atoms with Crippen LogP contribution in [0.3, 0.4) is 0 Å². The van der Waals surface area contributed by atoms with Gasteiger partial charge in [-0.25, -0.2) is 0 Å². The lowest BCUT2D eigenvalue weighted by molar-refractivity contribution is 0.426. The van der Waals surface area contributed by atoms with Crippen molar-refractivity contribution in [2.75, 3.05) is 0 Å². The summed E-state index contributed by atoms with van der Waals surface area (Å²) in [6.45, 7) is 1.45. The highest BCUT2D eigenvalue weighted by Gasteiger charge is 2.20. The summed E-state index contributed by atoms with van der Waals surface area (Å²) in [5, 5.41) is 13.6. The second-order valence-corrected chi connectivity index (χ2v) is 5.76. The van der Waals surface area contributed by atoms with Gasteiger partial charge < -0.3 is 16.2 Å². The molecule has 3 rings (SSSR count). The Morgan fingerprint density at radius 1 is 1.10 bits per heavy atom. The third-order valence-corrected chi connectivity index (χ3v) is 4.31. The lowest BCUT2D eigenvalue weighted by Crippen LogP contribution is -2.34. The van der Waals surface area contributed by atoms with Crippen LogP contribution in [0.4, 0.5) is 0 Å². The Balaban J connectivity index is 1.60. The third-order valence-electron chi connectivity index (χ3n) is 4.31. The number of nitrogens with two attached hydrogens (primary N) is 1. The predicted molar refractivity (Wildman–Crippen MR) is 85.1 cm³/mol. The van der Waals surface area contributed by atoms with E-state index in [9.17, 15) is 5.11 Å². The normalized spacial score (nSPS) is 17.5. The second-order valence-electron chi connectivity index (χ2n) is 5.76. The molecule has 1 aliphatic rings. The molecule has 0 bridgehead atoms. The van der Waals surface area contributed by atoms with Crippen LogP contribution < -0.4 is 11.1 Å². The van der Waals surface area contributed by atoms with E-state index in [2.05, 4.69) is 35.6 Å². The molecule has 0 radical (unpaired) electrons. The second kappa shape index (κ2) is 6.29. The van der Waals surface area contributed by atoms with Crippen LogP contribution in [0.2, 0.25) is 0 Å². The van der Waals surface area contributed by atoms with Crippen molar-refractivity contribution in [2.45, 2.75) is 38.4 Å². The van der Waals surface area contributed by atoms with Crippen LogP contribution in [0.1, 0.15) is 28.7 Å². The first-order valence-electron chi connectivity index (χ1n) is 7.57. The van der Waals surface area contributed by atoms with Crippen molar-refractivity contribution >= 4 is 0 Å². The molecular weight excluding hydrogens is 260 g/mol. The molecule has 4 N–H and O–H groups in total. The predicted octanol–water partition coefficient (Wildman–Crippen LogP) is 2.50. The smallest absolute Gasteiger partial charge is 0.119 e. The van der Waals surface area contributed by atoms with Crippen LogP contribution in [0.5, 0.6) is 5.75 Å². The molecule has 0 saturated heterocycles. The minimum absolute atomic E-state index is 0.431. The van der Waals surface area contributed by atoms with Crippen LogP contribution in [0, 0.1) is 0 Å². The molecular formula is C18H22N2O. The number of aryl methyl sites for hydroxylation is 1. The van der Waals surface area contributed by atoms with Crippen LogP contribution in [-0.4, -0.2) is 11.1 Å². The quantitative estimate of drug-likeness (QED) is 0.807. The van der Waals surface area contributed by atoms with Gasteiger partial charge in [-0.3, -0.25) is 0 Å². The minimum Gasteiger partial charge on any atom is -0.508 e. The molecule has 0 spiro atoms. The summed E-state index contributed by atoms with van der Waals surface area (Å²) in [6.07, 6.45) is 3.06. The van der Waals surface area contributed by atoms with Crippen LogP contribution >= 0.6 is 0 Å². The zero-order valence-corrected chi connectivity index (χ0v) is 12.2. The maximum absolute atomic E-state index is 9.98. The van der Waals surface area contributed by atoms with E-state index in [0.29, 0.717) is 18.3 Å². The molecule has 1 atom stereocenters. The molecule has 2 aromatic rings. The average Bonchev–Trinajstić information content (AvgIpc) is 2.54. The van der Waals surface area contributed by atoms with E-state index in [0.717, 1.165) is 36.9 Å². The molecule has 0 aliphatic heterocycles. The summed E-state index contributed by atoms with van der Waals surface area (Å²) >= 11 is 0. The van der Waals surface area contributed by atoms with Gasteiger partial charge in [-0.05, 0) is 47.6 Å². The molecule has 1 unspecified atom stereocenters. The first kappa shape index (κ1) is 14.1. The van der Waals surface area contributed by atoms with E-state index in [-0.39, 0.29) is 0 Å². The Bertz CT molecular complexity index is 607. The number of hydrogen-bond donors (Lipinski definition) is 3. The topological polar surface area (TPSA) is 58.3 Å². The molecule has 3 heteroatoms. The van der Waals surface area contributed by atoms with Crippen molar-refractivity contribution in [1.29, 1.82) is 0 Å². The molecule has 3 nitrogen and oxygen atoms in total. The summed E-state index contributed by atoms with van der Waals surface area (Å²) in [4.78, 5) is 0. The third kappa shape index (κ3) is 3.26. The van der Waals surface area contributed by atoms with E-state index in [1.165, 1.54) is 11.1 Å². The summed E-state index contributed by atoms with van der Waals surface area (Å²) < 4.78 is 0. The number of phenolic OH excluding ortho intramolecular Hbond substituents is 1. The number of nitrogens with one attached hydrogen (secondary N) is 1. The summed E-state index contributed by atoms with van der Waals surface area (Å²) in [5.74, 6) is 0.436. The first-order valence-corrected chi connectivity index (χ1v) is 7.57. The van der Waals surface area contributed by atoms with Crippen molar-refractivity contribution in [2.24, 2.45) is 5.73 Å². The molecule has 0 amide bonds. The maximum Gasteiger partial charge on any atom is 0.119 e. The molecule has 110 valence electrons. The van der Waals surface area contributed by atoms with Crippen LogP contribution in [-0.2, 0) is 25.9 Å². The Kier molecular flexibility index (Phi) is 4.23. The van der Waals surface area contributed by atoms with E-state index in [4.69, 9.17) is 5.73 Å². The largest absolute Gasteiger partial charge is 0.508 e. The summed E-state index contributed by atoms with van der Waals surface area (Å²) in [6, 6.07) is 14.7. The Morgan fingerprint density at radius 3 is 2.62 bits per heavy atom. The van der Waals surface area contributed by atoms with Crippen LogP contribution in [0.15, 0.2) is 42.5 Å². The number of aromatic hydroxyl groups is 1. The monoisotopic (exact) mass is 282 g/mol. The fourth-order valence-corrected chi connectivity index (χ4v) is 3.00. The fraction of sp³-hybridized carbons (Fsp3) is 0.333. The molecule has 0 aromatic heterocycles. The van der Waals surface area contributed by atoms with E-state index in [1.54, 1.807) is 6.07 Å². The standard InChI is InChI=1S/C18H22N2O/c19-11-13-4-6-14(7-5-13)12-20-16-9-8-15-2-1-3-18(21)17(15)10-16/h1-7,16,20-21H,8-12,19H2. The molecule has 0 saturated carbocycles. The fourth-order valence-electron chi connectivity index (χ4n) is 3.00.